The topological polar surface area (TPSA) is 55.1 Å². The highest BCUT2D eigenvalue weighted by molar-refractivity contribution is 5.88. The smallest absolute Gasteiger partial charge is 0.168 e. The van der Waals surface area contributed by atoms with Crippen molar-refractivity contribution in [3.63, 3.8) is 0 Å². The van der Waals surface area contributed by atoms with E-state index in [2.05, 4.69) is 5.10 Å². The monoisotopic (exact) mass is 210 g/mol. The molecule has 15 heavy (non-hydrogen) atoms. The van der Waals surface area contributed by atoms with Gasteiger partial charge in [0.1, 0.15) is 5.60 Å². The Morgan fingerprint density at radius 3 is 2.53 bits per heavy atom. The van der Waals surface area contributed by atoms with Gasteiger partial charge in [-0.3, -0.25) is 9.48 Å². The number of carbonyl (C=O) groups excluding carboxylic acids is 1. The van der Waals surface area contributed by atoms with Crippen LogP contribution in [0.5, 0.6) is 0 Å². The molecule has 0 saturated carbocycles. The third-order valence-electron chi connectivity index (χ3n) is 2.81. The van der Waals surface area contributed by atoms with Crippen LogP contribution in [0, 0.1) is 0 Å². The van der Waals surface area contributed by atoms with E-state index in [1.165, 1.54) is 0 Å². The van der Waals surface area contributed by atoms with Gasteiger partial charge in [-0.15, -0.1) is 0 Å². The molecule has 0 aliphatic heterocycles. The van der Waals surface area contributed by atoms with Gasteiger partial charge in [-0.1, -0.05) is 13.8 Å². The van der Waals surface area contributed by atoms with Gasteiger partial charge >= 0.3 is 0 Å². The minimum absolute atomic E-state index is 0.125. The molecule has 0 aliphatic rings. The second-order valence-corrected chi connectivity index (χ2v) is 3.86. The van der Waals surface area contributed by atoms with Crippen molar-refractivity contribution in [1.82, 2.24) is 9.78 Å². The molecule has 0 aromatic carbocycles. The van der Waals surface area contributed by atoms with Gasteiger partial charge in [0, 0.05) is 19.7 Å². The van der Waals surface area contributed by atoms with Crippen molar-refractivity contribution in [2.24, 2.45) is 7.05 Å². The first kappa shape index (κ1) is 11.9. The summed E-state index contributed by atoms with van der Waals surface area (Å²) in [7, 11) is 1.81. The van der Waals surface area contributed by atoms with E-state index in [1.54, 1.807) is 24.1 Å². The van der Waals surface area contributed by atoms with Gasteiger partial charge in [-0.05, 0) is 18.4 Å². The fourth-order valence-electron chi connectivity index (χ4n) is 1.56. The standard InChI is InChI=1S/C11H18N2O2/c1-4-11(15,5-2)10(14)6-9-7-12-13(3)8-9/h7-8,15H,4-6H2,1-3H3. The van der Waals surface area contributed by atoms with Crippen LogP contribution in [0.1, 0.15) is 32.3 Å². The molecule has 1 aromatic rings. The maximum absolute atomic E-state index is 11.8. The van der Waals surface area contributed by atoms with E-state index in [9.17, 15) is 9.90 Å². The van der Waals surface area contributed by atoms with Crippen LogP contribution in [0.3, 0.4) is 0 Å². The average molecular weight is 210 g/mol. The molecule has 1 rings (SSSR count). The molecule has 0 amide bonds. The Balaban J connectivity index is 2.70. The number of nitrogens with zero attached hydrogens (tertiary/aromatic N) is 2. The highest BCUT2D eigenvalue weighted by Gasteiger charge is 2.31. The molecule has 84 valence electrons. The van der Waals surface area contributed by atoms with Gasteiger partial charge < -0.3 is 5.11 Å². The van der Waals surface area contributed by atoms with E-state index >= 15 is 0 Å². The predicted octanol–water partition coefficient (Wildman–Crippen LogP) is 1.08. The fraction of sp³-hybridized carbons (Fsp3) is 0.636. The number of rotatable bonds is 5. The van der Waals surface area contributed by atoms with Crippen LogP contribution in [0.25, 0.3) is 0 Å². The van der Waals surface area contributed by atoms with Gasteiger partial charge in [-0.2, -0.15) is 5.10 Å². The van der Waals surface area contributed by atoms with Crippen molar-refractivity contribution >= 4 is 5.78 Å². The lowest BCUT2D eigenvalue weighted by Crippen LogP contribution is -2.38. The lowest BCUT2D eigenvalue weighted by Gasteiger charge is -2.22. The third kappa shape index (κ3) is 2.65. The van der Waals surface area contributed by atoms with Crippen molar-refractivity contribution in [3.05, 3.63) is 18.0 Å². The lowest BCUT2D eigenvalue weighted by atomic mass is 9.89. The first-order valence-electron chi connectivity index (χ1n) is 5.25. The van der Waals surface area contributed by atoms with Gasteiger partial charge in [0.2, 0.25) is 0 Å². The highest BCUT2D eigenvalue weighted by Crippen LogP contribution is 2.18. The quantitative estimate of drug-likeness (QED) is 0.791. The summed E-state index contributed by atoms with van der Waals surface area (Å²) in [5.41, 5.74) is -0.321. The van der Waals surface area contributed by atoms with E-state index in [0.29, 0.717) is 12.8 Å². The fourth-order valence-corrected chi connectivity index (χ4v) is 1.56. The number of Topliss-reactive ketones (excluding diaryl/α,β-unsaturated/α-hetero) is 1. The number of ketones is 1. The number of aromatic nitrogens is 2. The first-order valence-corrected chi connectivity index (χ1v) is 5.25. The minimum atomic E-state index is -1.17. The summed E-state index contributed by atoms with van der Waals surface area (Å²) in [5, 5.41) is 14.0. The predicted molar refractivity (Wildman–Crippen MR) is 57.5 cm³/mol. The molecule has 4 heteroatoms. The SMILES string of the molecule is CCC(O)(CC)C(=O)Cc1cnn(C)c1. The summed E-state index contributed by atoms with van der Waals surface area (Å²) in [6, 6.07) is 0. The Morgan fingerprint density at radius 2 is 2.13 bits per heavy atom. The molecule has 0 atom stereocenters. The summed E-state index contributed by atoms with van der Waals surface area (Å²) in [6.07, 6.45) is 4.63. The first-order chi connectivity index (χ1) is 7.01. The molecular weight excluding hydrogens is 192 g/mol. The van der Waals surface area contributed by atoms with Crippen LogP contribution in [-0.2, 0) is 18.3 Å². The number of hydrogen-bond donors (Lipinski definition) is 1. The minimum Gasteiger partial charge on any atom is -0.382 e. The summed E-state index contributed by atoms with van der Waals surface area (Å²) >= 11 is 0. The summed E-state index contributed by atoms with van der Waals surface area (Å²) in [5.74, 6) is -0.125. The van der Waals surface area contributed by atoms with Crippen LogP contribution in [0.2, 0.25) is 0 Å². The maximum Gasteiger partial charge on any atom is 0.168 e. The van der Waals surface area contributed by atoms with Gasteiger partial charge in [0.05, 0.1) is 6.20 Å². The molecule has 0 aliphatic carbocycles. The molecule has 1 aromatic heterocycles. The molecule has 0 unspecified atom stereocenters. The van der Waals surface area contributed by atoms with Crippen LogP contribution in [0.4, 0.5) is 0 Å². The maximum atomic E-state index is 11.8. The Morgan fingerprint density at radius 1 is 1.53 bits per heavy atom. The Bertz CT molecular complexity index is 340. The second-order valence-electron chi connectivity index (χ2n) is 3.86. The lowest BCUT2D eigenvalue weighted by molar-refractivity contribution is -0.137. The number of aryl methyl sites for hydroxylation is 1. The molecule has 4 nitrogen and oxygen atoms in total. The zero-order valence-corrected chi connectivity index (χ0v) is 9.53. The molecule has 0 saturated heterocycles. The number of aliphatic hydroxyl groups is 1. The van der Waals surface area contributed by atoms with E-state index in [1.807, 2.05) is 13.8 Å². The normalized spacial score (nSPS) is 11.7. The zero-order chi connectivity index (χ0) is 11.5. The summed E-state index contributed by atoms with van der Waals surface area (Å²) in [6.45, 7) is 3.65. The number of carbonyl (C=O) groups is 1. The molecule has 0 spiro atoms. The van der Waals surface area contributed by atoms with Crippen molar-refractivity contribution in [2.75, 3.05) is 0 Å². The van der Waals surface area contributed by atoms with Crippen molar-refractivity contribution in [1.29, 1.82) is 0 Å². The molecule has 1 heterocycles. The zero-order valence-electron chi connectivity index (χ0n) is 9.53. The van der Waals surface area contributed by atoms with Crippen LogP contribution < -0.4 is 0 Å². The van der Waals surface area contributed by atoms with Crippen LogP contribution in [0.15, 0.2) is 12.4 Å². The molecule has 0 radical (unpaired) electrons. The van der Waals surface area contributed by atoms with E-state index in [4.69, 9.17) is 0 Å². The second kappa shape index (κ2) is 4.57. The van der Waals surface area contributed by atoms with E-state index in [-0.39, 0.29) is 12.2 Å². The van der Waals surface area contributed by atoms with Crippen molar-refractivity contribution in [2.45, 2.75) is 38.7 Å². The summed E-state index contributed by atoms with van der Waals surface area (Å²) < 4.78 is 1.65. The largest absolute Gasteiger partial charge is 0.382 e. The summed E-state index contributed by atoms with van der Waals surface area (Å²) in [4.78, 5) is 11.8. The Kier molecular flexibility index (Phi) is 3.63. The Hall–Kier alpha value is -1.16. The van der Waals surface area contributed by atoms with Crippen molar-refractivity contribution < 1.29 is 9.90 Å². The molecule has 1 N–H and O–H groups in total. The average Bonchev–Trinajstić information content (AvgIpc) is 2.62. The van der Waals surface area contributed by atoms with Crippen LogP contribution >= 0.6 is 0 Å². The highest BCUT2D eigenvalue weighted by atomic mass is 16.3. The third-order valence-corrected chi connectivity index (χ3v) is 2.81. The van der Waals surface area contributed by atoms with Gasteiger partial charge in [0.15, 0.2) is 5.78 Å². The number of hydrogen-bond acceptors (Lipinski definition) is 3. The molecular formula is C11H18N2O2. The Labute approximate surface area is 89.9 Å². The van der Waals surface area contributed by atoms with Crippen LogP contribution in [-0.4, -0.2) is 26.3 Å². The van der Waals surface area contributed by atoms with Gasteiger partial charge in [0.25, 0.3) is 0 Å². The van der Waals surface area contributed by atoms with Gasteiger partial charge in [-0.25, -0.2) is 0 Å². The molecule has 0 bridgehead atoms. The van der Waals surface area contributed by atoms with Crippen molar-refractivity contribution in [3.8, 4) is 0 Å². The molecule has 0 fully saturated rings. The van der Waals surface area contributed by atoms with E-state index < -0.39 is 5.60 Å². The van der Waals surface area contributed by atoms with E-state index in [0.717, 1.165) is 5.56 Å².